The summed E-state index contributed by atoms with van der Waals surface area (Å²) in [5.41, 5.74) is 0. The van der Waals surface area contributed by atoms with Crippen LogP contribution in [0.3, 0.4) is 0 Å². The Hall–Kier alpha value is -3.11. The van der Waals surface area contributed by atoms with E-state index < -0.39 is 38.6 Å². The summed E-state index contributed by atoms with van der Waals surface area (Å²) in [6.45, 7) is 4.04. The number of nitrogens with zero attached hydrogens (tertiary/aromatic N) is 1. The van der Waals surface area contributed by atoms with Crippen molar-refractivity contribution in [2.75, 3.05) is 47.5 Å². The molecule has 0 fully saturated rings. The minimum atomic E-state index is -4.45. The van der Waals surface area contributed by atoms with Gasteiger partial charge in [-0.25, -0.2) is 4.57 Å². The molecule has 11 heteroatoms. The molecule has 0 saturated carbocycles. The van der Waals surface area contributed by atoms with Gasteiger partial charge in [-0.2, -0.15) is 0 Å². The molecule has 0 radical (unpaired) electrons. The van der Waals surface area contributed by atoms with Crippen LogP contribution in [0, 0.1) is 0 Å². The van der Waals surface area contributed by atoms with Gasteiger partial charge in [-0.05, 0) is 83.5 Å². The van der Waals surface area contributed by atoms with E-state index in [2.05, 4.69) is 80.7 Å². The minimum absolute atomic E-state index is 0.00507. The van der Waals surface area contributed by atoms with Crippen molar-refractivity contribution >= 4 is 19.8 Å². The summed E-state index contributed by atoms with van der Waals surface area (Å²) < 4.78 is 34.0. The van der Waals surface area contributed by atoms with Crippen molar-refractivity contribution in [3.8, 4) is 0 Å². The molecule has 0 bridgehead atoms. The van der Waals surface area contributed by atoms with E-state index in [4.69, 9.17) is 18.5 Å². The van der Waals surface area contributed by atoms with Gasteiger partial charge in [-0.1, -0.05) is 137 Å². The Bertz CT molecular complexity index is 1340. The molecule has 0 aliphatic rings. The quantitative estimate of drug-likeness (QED) is 0.0156. The molecular weight excluding hydrogens is 766 g/mol. The average Bonchev–Trinajstić information content (AvgIpc) is 3.18. The maximum Gasteiger partial charge on any atom is 0.472 e. The third-order valence-electron chi connectivity index (χ3n) is 8.69. The molecule has 0 amide bonds. The molecule has 10 nitrogen and oxygen atoms in total. The van der Waals surface area contributed by atoms with Gasteiger partial charge < -0.3 is 24.0 Å². The number of phosphoric ester groups is 1. The van der Waals surface area contributed by atoms with Gasteiger partial charge in [0, 0.05) is 12.8 Å². The fourth-order valence-corrected chi connectivity index (χ4v) is 5.91. The predicted octanol–water partition coefficient (Wildman–Crippen LogP) is 11.5. The fourth-order valence-electron chi connectivity index (χ4n) is 5.17. The maximum absolute atomic E-state index is 12.7. The van der Waals surface area contributed by atoms with Crippen molar-refractivity contribution in [1.29, 1.82) is 0 Å². The summed E-state index contributed by atoms with van der Waals surface area (Å²) in [5.74, 6) is -1.08. The molecule has 0 spiro atoms. The van der Waals surface area contributed by atoms with Gasteiger partial charge in [-0.15, -0.1) is 0 Å². The van der Waals surface area contributed by atoms with Gasteiger partial charge in [0.15, 0.2) is 6.10 Å². The van der Waals surface area contributed by atoms with Crippen LogP contribution in [-0.2, 0) is 32.7 Å². The molecule has 0 saturated heterocycles. The lowest BCUT2D eigenvalue weighted by atomic mass is 10.1. The van der Waals surface area contributed by atoms with Gasteiger partial charge in [0.25, 0.3) is 0 Å². The Balaban J connectivity index is 4.68. The molecule has 0 aromatic heterocycles. The fraction of sp³-hybridized carbons (Fsp3) is 0.625. The number of carbonyl (C=O) groups is 2. The summed E-state index contributed by atoms with van der Waals surface area (Å²) in [4.78, 5) is 35.4. The molecule has 59 heavy (non-hydrogen) atoms. The Morgan fingerprint density at radius 3 is 1.63 bits per heavy atom. The van der Waals surface area contributed by atoms with Gasteiger partial charge in [0.2, 0.25) is 0 Å². The molecule has 1 unspecified atom stereocenters. The zero-order valence-electron chi connectivity index (χ0n) is 37.3. The van der Waals surface area contributed by atoms with Gasteiger partial charge >= 0.3 is 19.8 Å². The van der Waals surface area contributed by atoms with Crippen molar-refractivity contribution in [2.24, 2.45) is 0 Å². The molecule has 0 aliphatic carbocycles. The molecule has 3 atom stereocenters. The van der Waals surface area contributed by atoms with E-state index in [9.17, 15) is 24.2 Å². The molecule has 0 heterocycles. The van der Waals surface area contributed by atoms with E-state index in [1.165, 1.54) is 38.5 Å². The first-order valence-corrected chi connectivity index (χ1v) is 23.6. The normalized spacial score (nSPS) is 15.0. The monoisotopic (exact) mass is 847 g/mol. The number of carbonyl (C=O) groups excluding carboxylic acids is 2. The number of hydrogen-bond acceptors (Lipinski definition) is 8. The van der Waals surface area contributed by atoms with Crippen LogP contribution in [0.4, 0.5) is 0 Å². The van der Waals surface area contributed by atoms with Crippen LogP contribution in [-0.4, -0.2) is 86.1 Å². The molecule has 2 N–H and O–H groups in total. The first kappa shape index (κ1) is 55.9. The van der Waals surface area contributed by atoms with E-state index in [-0.39, 0.29) is 26.1 Å². The first-order valence-electron chi connectivity index (χ1n) is 22.1. The number of phosphoric acid groups is 1. The summed E-state index contributed by atoms with van der Waals surface area (Å²) in [5, 5.41) is 10.3. The van der Waals surface area contributed by atoms with Gasteiger partial charge in [-0.3, -0.25) is 18.6 Å². The van der Waals surface area contributed by atoms with Gasteiger partial charge in [0.1, 0.15) is 19.8 Å². The molecule has 0 aromatic carbocycles. The van der Waals surface area contributed by atoms with Crippen molar-refractivity contribution < 1.29 is 47.2 Å². The zero-order chi connectivity index (χ0) is 43.7. The Kier molecular flexibility index (Phi) is 37.0. The van der Waals surface area contributed by atoms with Crippen LogP contribution in [0.15, 0.2) is 97.2 Å². The maximum atomic E-state index is 12.7. The number of rotatable bonds is 38. The second kappa shape index (κ2) is 39.1. The van der Waals surface area contributed by atoms with E-state index in [1.54, 1.807) is 12.2 Å². The van der Waals surface area contributed by atoms with Crippen molar-refractivity contribution in [3.05, 3.63) is 97.2 Å². The van der Waals surface area contributed by atoms with Crippen LogP contribution in [0.1, 0.15) is 136 Å². The van der Waals surface area contributed by atoms with E-state index in [0.29, 0.717) is 36.7 Å². The molecule has 0 aliphatic heterocycles. The SMILES string of the molecule is CCCCC/C=C\C/C=C\C/C=C\C=C\[C@H](O)CCCC(=O)O[C@H](COC(=O)CCC/C=C\C/C=C\C/C=C\C/C=C\CCCCC)COP(=O)(O)OCC[N+](C)(C)C. The average molecular weight is 847 g/mol. The highest BCUT2D eigenvalue weighted by Crippen LogP contribution is 2.43. The number of esters is 2. The smallest absolute Gasteiger partial charge is 0.462 e. The highest BCUT2D eigenvalue weighted by atomic mass is 31.2. The number of allylic oxidation sites excluding steroid dienone is 15. The Morgan fingerprint density at radius 2 is 1.10 bits per heavy atom. The van der Waals surface area contributed by atoms with Crippen molar-refractivity contribution in [3.63, 3.8) is 0 Å². The van der Waals surface area contributed by atoms with Crippen LogP contribution >= 0.6 is 7.82 Å². The first-order chi connectivity index (χ1) is 28.4. The lowest BCUT2D eigenvalue weighted by Crippen LogP contribution is -2.37. The zero-order valence-corrected chi connectivity index (χ0v) is 38.2. The Labute approximate surface area is 358 Å². The van der Waals surface area contributed by atoms with E-state index in [1.807, 2.05) is 39.4 Å². The topological polar surface area (TPSA) is 129 Å². The third-order valence-corrected chi connectivity index (χ3v) is 9.68. The number of ether oxygens (including phenoxy) is 2. The number of unbranched alkanes of at least 4 members (excludes halogenated alkanes) is 7. The van der Waals surface area contributed by atoms with E-state index in [0.717, 1.165) is 44.9 Å². The number of aliphatic hydroxyl groups is 1. The molecule has 0 aromatic rings. The predicted molar refractivity (Wildman–Crippen MR) is 244 cm³/mol. The van der Waals surface area contributed by atoms with Crippen LogP contribution in [0.25, 0.3) is 0 Å². The standard InChI is InChI=1S/C48H80NO9P/c1-6-8-10-12-14-16-18-20-21-22-23-25-27-29-31-33-35-39-47(51)55-43-46(44-57-59(53,54)56-42-41-49(3,4)5)58-48(52)40-36-38-45(50)37-34-32-30-28-26-24-19-17-15-13-11-9-7-2/h14-17,20-21,23-26,29-32,34,37,45-46,50H,6-13,18-19,22,27-28,33,35-36,38-44H2,1-5H3/p+1/b16-14-,17-15-,21-20-,25-23-,26-24-,31-29-,32-30-,37-34+/t45-,46+/m0/s1. The van der Waals surface area contributed by atoms with E-state index >= 15 is 0 Å². The number of hydrogen-bond donors (Lipinski definition) is 2. The summed E-state index contributed by atoms with van der Waals surface area (Å²) >= 11 is 0. The summed E-state index contributed by atoms with van der Waals surface area (Å²) in [7, 11) is 1.31. The Morgan fingerprint density at radius 1 is 0.610 bits per heavy atom. The molecular formula is C48H81NO9P+. The number of likely N-dealkylation sites (N-methyl/N-ethyl adjacent to an activating group) is 1. The highest BCUT2D eigenvalue weighted by Gasteiger charge is 2.27. The largest absolute Gasteiger partial charge is 0.472 e. The summed E-state index contributed by atoms with van der Waals surface area (Å²) in [6.07, 6.45) is 47.8. The second-order valence-corrected chi connectivity index (χ2v) is 17.0. The second-order valence-electron chi connectivity index (χ2n) is 15.6. The number of quaternary nitrogens is 1. The highest BCUT2D eigenvalue weighted by molar-refractivity contribution is 7.47. The van der Waals surface area contributed by atoms with Crippen LogP contribution in [0.5, 0.6) is 0 Å². The van der Waals surface area contributed by atoms with Gasteiger partial charge in [0.05, 0.1) is 33.9 Å². The lowest BCUT2D eigenvalue weighted by Gasteiger charge is -2.24. The number of aliphatic hydroxyl groups excluding tert-OH is 1. The van der Waals surface area contributed by atoms with Crippen molar-refractivity contribution in [2.45, 2.75) is 148 Å². The minimum Gasteiger partial charge on any atom is -0.462 e. The van der Waals surface area contributed by atoms with Crippen molar-refractivity contribution in [1.82, 2.24) is 0 Å². The van der Waals surface area contributed by atoms with Crippen LogP contribution in [0.2, 0.25) is 0 Å². The molecule has 0 rings (SSSR count). The van der Waals surface area contributed by atoms with Crippen LogP contribution < -0.4 is 0 Å². The molecule has 336 valence electrons. The summed E-state index contributed by atoms with van der Waals surface area (Å²) in [6, 6.07) is 0. The third kappa shape index (κ3) is 42.8. The lowest BCUT2D eigenvalue weighted by molar-refractivity contribution is -0.870.